The zero-order valence-corrected chi connectivity index (χ0v) is 56.7. The van der Waals surface area contributed by atoms with Gasteiger partial charge >= 0.3 is 0 Å². The number of ether oxygens (including phenoxy) is 2. The van der Waals surface area contributed by atoms with Crippen molar-refractivity contribution in [1.82, 2.24) is 0 Å². The Morgan fingerprint density at radius 2 is 0.419 bits per heavy atom. The predicted molar refractivity (Wildman–Crippen MR) is 391 cm³/mol. The number of hydrogen-bond acceptors (Lipinski definition) is 6. The minimum absolute atomic E-state index is 0. The maximum absolute atomic E-state index is 5.40. The first kappa shape index (κ1) is 102. The summed E-state index contributed by atoms with van der Waals surface area (Å²) in [6, 6.07) is 78.4. The minimum Gasteiger partial charge on any atom is -0.491 e. The van der Waals surface area contributed by atoms with Crippen LogP contribution < -0.4 is 4.74 Å². The zero-order chi connectivity index (χ0) is 63.8. The third kappa shape index (κ3) is 89.3. The van der Waals surface area contributed by atoms with Gasteiger partial charge in [-0.25, -0.2) is 19.6 Å². The predicted octanol–water partition coefficient (Wildman–Crippen LogP) is 26.2. The van der Waals surface area contributed by atoms with Crippen LogP contribution in [0.2, 0.25) is 0 Å². The van der Waals surface area contributed by atoms with E-state index in [1.165, 1.54) is 49.7 Å². The molecule has 3 saturated heterocycles. The Hall–Kier alpha value is -5.86. The lowest BCUT2D eigenvalue weighted by Crippen LogP contribution is -2.03. The van der Waals surface area contributed by atoms with Gasteiger partial charge in [0.2, 0.25) is 0 Å². The molecule has 0 N–H and O–H groups in total. The Balaban J connectivity index is -0.0000000924. The zero-order valence-electron chi connectivity index (χ0n) is 56.7. The number of rotatable bonds is 5. The molecular weight excluding hydrogens is 1060 g/mol. The van der Waals surface area contributed by atoms with E-state index in [1.807, 2.05) is 268 Å². The average Bonchev–Trinajstić information content (AvgIpc) is 4.19. The first-order valence-corrected chi connectivity index (χ1v) is 31.7. The largest absolute Gasteiger partial charge is 0.491 e. The molecule has 0 saturated carbocycles. The van der Waals surface area contributed by atoms with E-state index >= 15 is 0 Å². The molecule has 10 rings (SSSR count). The summed E-state index contributed by atoms with van der Waals surface area (Å²) in [4.78, 5) is 19.2. The summed E-state index contributed by atoms with van der Waals surface area (Å²) in [6.45, 7) is 45.8. The maximum Gasteiger partial charge on any atom is 0.119 e. The standard InChI is InChI=1S/3C9H10O2.4C6H6.6C3H8.4C2H6.3CH4/c1-2-4-8(5-3-1)10-6-9-7-11-9;2*1-2-4-8(5-3-1)9-6-10-11-7-9;4*1-2-4-6-5-3-1;6*1-3-2;4*1-2;;;/h3*1-5,9H,6-7H2;4*1-6H;6*3H2,1-2H3;4*1-2H3;3*1H4. The van der Waals surface area contributed by atoms with E-state index in [2.05, 4.69) is 107 Å². The van der Waals surface area contributed by atoms with Gasteiger partial charge in [0.25, 0.3) is 0 Å². The molecule has 0 aromatic heterocycles. The van der Waals surface area contributed by atoms with Crippen LogP contribution in [0.5, 0.6) is 5.75 Å². The fourth-order valence-electron chi connectivity index (χ4n) is 4.86. The third-order valence-corrected chi connectivity index (χ3v) is 8.03. The number of epoxide rings is 1. The van der Waals surface area contributed by atoms with E-state index in [0.717, 1.165) is 12.4 Å². The van der Waals surface area contributed by atoms with Crippen molar-refractivity contribution in [3.63, 3.8) is 0 Å². The van der Waals surface area contributed by atoms with Gasteiger partial charge in [-0.3, -0.25) is 0 Å². The van der Waals surface area contributed by atoms with Crippen molar-refractivity contribution in [2.24, 2.45) is 0 Å². The maximum atomic E-state index is 5.40. The molecule has 3 aliphatic heterocycles. The Morgan fingerprint density at radius 3 is 0.581 bits per heavy atom. The summed E-state index contributed by atoms with van der Waals surface area (Å²) < 4.78 is 10.4. The Kier molecular flexibility index (Phi) is 120. The molecule has 494 valence electrons. The fourth-order valence-corrected chi connectivity index (χ4v) is 4.86. The van der Waals surface area contributed by atoms with E-state index in [0.29, 0.717) is 51.0 Å². The van der Waals surface area contributed by atoms with Crippen molar-refractivity contribution in [3.8, 4) is 5.75 Å². The monoisotopic (exact) mass is 1200 g/mol. The molecular formula is C80H138O6. The Labute approximate surface area is 536 Å². The van der Waals surface area contributed by atoms with Crippen LogP contribution in [0.4, 0.5) is 0 Å². The first-order chi connectivity index (χ1) is 40.9. The van der Waals surface area contributed by atoms with E-state index in [4.69, 9.17) is 29.0 Å². The molecule has 3 heterocycles. The number of hydrogen-bond donors (Lipinski definition) is 0. The molecule has 1 unspecified atom stereocenters. The summed E-state index contributed by atoms with van der Waals surface area (Å²) in [5, 5.41) is 0. The highest BCUT2D eigenvalue weighted by Crippen LogP contribution is 2.21. The second-order valence-electron chi connectivity index (χ2n) is 16.8. The SMILES string of the molecule is C.C.C.CC.CC.CC.CC.CCC.CCC.CCC.CCC.CCC.CCC.c1ccc(C2COOC2)cc1.c1ccc(C2COOC2)cc1.c1ccc(OCC2CO2)cc1.c1ccccc1.c1ccccc1.c1ccccc1.c1ccccc1. The second-order valence-corrected chi connectivity index (χ2v) is 16.8. The molecule has 0 aliphatic carbocycles. The van der Waals surface area contributed by atoms with Crippen LogP contribution in [0.3, 0.4) is 0 Å². The molecule has 86 heavy (non-hydrogen) atoms. The Bertz CT molecular complexity index is 1630. The minimum atomic E-state index is 0. The van der Waals surface area contributed by atoms with Crippen LogP contribution in [0.1, 0.15) is 222 Å². The van der Waals surface area contributed by atoms with Gasteiger partial charge in [0.05, 0.1) is 33.0 Å². The van der Waals surface area contributed by atoms with E-state index in [-0.39, 0.29) is 22.3 Å². The van der Waals surface area contributed by atoms with Crippen molar-refractivity contribution >= 4 is 0 Å². The van der Waals surface area contributed by atoms with Crippen LogP contribution in [-0.4, -0.2) is 45.7 Å². The molecule has 7 aromatic rings. The highest BCUT2D eigenvalue weighted by Gasteiger charge is 2.23. The molecule has 3 aliphatic rings. The van der Waals surface area contributed by atoms with Crippen LogP contribution in [0.25, 0.3) is 0 Å². The van der Waals surface area contributed by atoms with E-state index in [1.54, 1.807) is 0 Å². The van der Waals surface area contributed by atoms with Crippen LogP contribution in [0.15, 0.2) is 237 Å². The first-order valence-electron chi connectivity index (χ1n) is 31.7. The van der Waals surface area contributed by atoms with Gasteiger partial charge in [0, 0.05) is 11.8 Å². The summed E-state index contributed by atoms with van der Waals surface area (Å²) in [6.07, 6.45) is 7.84. The van der Waals surface area contributed by atoms with Crippen molar-refractivity contribution < 1.29 is 29.0 Å². The Morgan fingerprint density at radius 1 is 0.267 bits per heavy atom. The van der Waals surface area contributed by atoms with Crippen molar-refractivity contribution in [3.05, 3.63) is 248 Å². The van der Waals surface area contributed by atoms with Crippen LogP contribution >= 0.6 is 0 Å². The van der Waals surface area contributed by atoms with Crippen molar-refractivity contribution in [1.29, 1.82) is 0 Å². The smallest absolute Gasteiger partial charge is 0.119 e. The van der Waals surface area contributed by atoms with Gasteiger partial charge in [-0.1, -0.05) is 424 Å². The number of benzene rings is 7. The lowest BCUT2D eigenvalue weighted by molar-refractivity contribution is -0.248. The molecule has 6 heteroatoms. The van der Waals surface area contributed by atoms with Crippen molar-refractivity contribution in [2.45, 2.75) is 217 Å². The lowest BCUT2D eigenvalue weighted by atomic mass is 10.0. The summed E-state index contributed by atoms with van der Waals surface area (Å²) in [5.41, 5.74) is 2.59. The van der Waals surface area contributed by atoms with Gasteiger partial charge in [0.15, 0.2) is 0 Å². The summed E-state index contributed by atoms with van der Waals surface area (Å²) >= 11 is 0. The van der Waals surface area contributed by atoms with Crippen molar-refractivity contribution in [2.75, 3.05) is 39.6 Å². The quantitative estimate of drug-likeness (QED) is 0.126. The van der Waals surface area contributed by atoms with Crippen LogP contribution in [-0.2, 0) is 24.3 Å². The average molecular weight is 1200 g/mol. The molecule has 3 fully saturated rings. The van der Waals surface area contributed by atoms with Gasteiger partial charge in [-0.15, -0.1) is 0 Å². The molecule has 1 atom stereocenters. The van der Waals surface area contributed by atoms with E-state index in [9.17, 15) is 0 Å². The summed E-state index contributed by atoms with van der Waals surface area (Å²) in [7, 11) is 0. The van der Waals surface area contributed by atoms with Gasteiger partial charge in [-0.2, -0.15) is 0 Å². The van der Waals surface area contributed by atoms with Gasteiger partial charge in [0.1, 0.15) is 18.5 Å². The van der Waals surface area contributed by atoms with E-state index < -0.39 is 0 Å². The summed E-state index contributed by atoms with van der Waals surface area (Å²) in [5.74, 6) is 1.77. The van der Waals surface area contributed by atoms with Gasteiger partial charge in [-0.05, 0) is 23.3 Å². The third-order valence-electron chi connectivity index (χ3n) is 8.03. The molecule has 7 aromatic carbocycles. The topological polar surface area (TPSA) is 58.7 Å². The van der Waals surface area contributed by atoms with Gasteiger partial charge < -0.3 is 9.47 Å². The second kappa shape index (κ2) is 101. The molecule has 0 spiro atoms. The lowest BCUT2D eigenvalue weighted by Gasteiger charge is -2.03. The molecule has 6 nitrogen and oxygen atoms in total. The van der Waals surface area contributed by atoms with Crippen LogP contribution in [0, 0.1) is 0 Å². The highest BCUT2D eigenvalue weighted by molar-refractivity contribution is 5.22. The normalized spacial score (nSPS) is 11.3. The highest BCUT2D eigenvalue weighted by atomic mass is 17.2. The fraction of sp³-hybridized carbons (Fsp3) is 0.475. The molecule has 0 bridgehead atoms. The molecule has 0 amide bonds. The number of para-hydroxylation sites is 1. The molecule has 0 radical (unpaired) electrons.